The molecule has 1 rings (SSSR count). The van der Waals surface area contributed by atoms with Crippen LogP contribution < -0.4 is 0 Å². The molecular formula is C13H23ClO3. The van der Waals surface area contributed by atoms with Gasteiger partial charge in [0.1, 0.15) is 5.60 Å². The minimum absolute atomic E-state index is 0.347. The van der Waals surface area contributed by atoms with Crippen LogP contribution in [0.4, 0.5) is 4.79 Å². The van der Waals surface area contributed by atoms with Crippen LogP contribution in [0, 0.1) is 0 Å². The Morgan fingerprint density at radius 3 is 2.41 bits per heavy atom. The van der Waals surface area contributed by atoms with E-state index in [1.54, 1.807) is 0 Å². The number of rotatable bonds is 4. The summed E-state index contributed by atoms with van der Waals surface area (Å²) in [6.07, 6.45) is 7.22. The predicted octanol–water partition coefficient (Wildman–Crippen LogP) is 4.94. The van der Waals surface area contributed by atoms with Gasteiger partial charge in [-0.3, -0.25) is 0 Å². The van der Waals surface area contributed by atoms with Crippen LogP contribution in [0.25, 0.3) is 0 Å². The molecule has 1 saturated carbocycles. The first kappa shape index (κ1) is 16.3. The maximum atomic E-state index is 10.6. The molecule has 0 aromatic heterocycles. The molecule has 1 fully saturated rings. The number of carboxylic acid groups (broad SMARTS) is 1. The summed E-state index contributed by atoms with van der Waals surface area (Å²) < 4.78 is 5.10. The zero-order chi connectivity index (χ0) is 13.1. The molecule has 0 aromatic rings. The second kappa shape index (κ2) is 9.34. The van der Waals surface area contributed by atoms with Gasteiger partial charge >= 0.3 is 6.16 Å². The highest BCUT2D eigenvalue weighted by Gasteiger charge is 2.35. The van der Waals surface area contributed by atoms with Crippen molar-refractivity contribution in [1.29, 1.82) is 0 Å². The summed E-state index contributed by atoms with van der Waals surface area (Å²) in [5, 5.41) is 8.71. The molecule has 1 N–H and O–H groups in total. The van der Waals surface area contributed by atoms with Gasteiger partial charge in [0, 0.05) is 0 Å². The van der Waals surface area contributed by atoms with Gasteiger partial charge in [-0.25, -0.2) is 4.79 Å². The minimum atomic E-state index is -1.11. The van der Waals surface area contributed by atoms with Crippen molar-refractivity contribution in [2.45, 2.75) is 63.9 Å². The lowest BCUT2D eigenvalue weighted by Crippen LogP contribution is -2.36. The normalized spacial score (nSPS) is 17.5. The van der Waals surface area contributed by atoms with E-state index in [9.17, 15) is 4.79 Å². The van der Waals surface area contributed by atoms with Gasteiger partial charge in [-0.05, 0) is 44.1 Å². The monoisotopic (exact) mass is 262 g/mol. The van der Waals surface area contributed by atoms with Crippen LogP contribution in [0.1, 0.15) is 58.3 Å². The Morgan fingerprint density at radius 2 is 2.00 bits per heavy atom. The van der Waals surface area contributed by atoms with Gasteiger partial charge in [0.15, 0.2) is 0 Å². The van der Waals surface area contributed by atoms with Crippen molar-refractivity contribution >= 4 is 17.8 Å². The van der Waals surface area contributed by atoms with Crippen molar-refractivity contribution in [1.82, 2.24) is 0 Å². The van der Waals surface area contributed by atoms with Gasteiger partial charge in [0.25, 0.3) is 0 Å². The SMILES string of the molecule is C=CCl.CCCCC1(OC(=O)O)CCCCC1. The first-order chi connectivity index (χ1) is 8.10. The van der Waals surface area contributed by atoms with Gasteiger partial charge < -0.3 is 9.84 Å². The van der Waals surface area contributed by atoms with E-state index >= 15 is 0 Å². The highest BCUT2D eigenvalue weighted by Crippen LogP contribution is 2.35. The Labute approximate surface area is 109 Å². The zero-order valence-corrected chi connectivity index (χ0v) is 11.3. The summed E-state index contributed by atoms with van der Waals surface area (Å²) in [7, 11) is 0. The van der Waals surface area contributed by atoms with Gasteiger partial charge in [-0.2, -0.15) is 0 Å². The number of ether oxygens (including phenoxy) is 1. The second-order valence-electron chi connectivity index (χ2n) is 4.37. The van der Waals surface area contributed by atoms with Crippen molar-refractivity contribution in [3.05, 3.63) is 12.1 Å². The standard InChI is InChI=1S/C11H20O3.C2H3Cl/c1-2-3-7-11(14-10(12)13)8-5-4-6-9-11;1-2-3/h2-9H2,1H3,(H,12,13);2H,1H2. The van der Waals surface area contributed by atoms with Crippen LogP contribution in [0.15, 0.2) is 12.1 Å². The van der Waals surface area contributed by atoms with E-state index < -0.39 is 6.16 Å². The lowest BCUT2D eigenvalue weighted by atomic mass is 9.81. The summed E-state index contributed by atoms with van der Waals surface area (Å²) in [5.41, 5.74) is 0.875. The molecule has 100 valence electrons. The van der Waals surface area contributed by atoms with E-state index in [1.807, 2.05) is 0 Å². The quantitative estimate of drug-likeness (QED) is 0.730. The van der Waals surface area contributed by atoms with Crippen molar-refractivity contribution in [3.63, 3.8) is 0 Å². The first-order valence-corrected chi connectivity index (χ1v) is 6.67. The molecular weight excluding hydrogens is 240 g/mol. The molecule has 0 heterocycles. The molecule has 0 aromatic carbocycles. The van der Waals surface area contributed by atoms with Crippen molar-refractivity contribution in [2.75, 3.05) is 0 Å². The van der Waals surface area contributed by atoms with E-state index in [0.717, 1.165) is 44.9 Å². The number of hydrogen-bond acceptors (Lipinski definition) is 2. The Hall–Kier alpha value is -0.700. The van der Waals surface area contributed by atoms with E-state index in [1.165, 1.54) is 12.0 Å². The van der Waals surface area contributed by atoms with Crippen molar-refractivity contribution in [3.8, 4) is 0 Å². The molecule has 0 atom stereocenters. The molecule has 3 nitrogen and oxygen atoms in total. The van der Waals surface area contributed by atoms with E-state index in [4.69, 9.17) is 21.4 Å². The van der Waals surface area contributed by atoms with Gasteiger partial charge in [-0.1, -0.05) is 37.9 Å². The van der Waals surface area contributed by atoms with E-state index in [-0.39, 0.29) is 5.60 Å². The lowest BCUT2D eigenvalue weighted by molar-refractivity contribution is -0.0478. The van der Waals surface area contributed by atoms with Crippen molar-refractivity contribution in [2.24, 2.45) is 0 Å². The second-order valence-corrected chi connectivity index (χ2v) is 4.68. The molecule has 1 aliphatic carbocycles. The Morgan fingerprint density at radius 1 is 1.47 bits per heavy atom. The minimum Gasteiger partial charge on any atom is -0.450 e. The van der Waals surface area contributed by atoms with Crippen LogP contribution in [0.2, 0.25) is 0 Å². The van der Waals surface area contributed by atoms with E-state index in [2.05, 4.69) is 13.5 Å². The van der Waals surface area contributed by atoms with Crippen LogP contribution in [-0.4, -0.2) is 16.9 Å². The summed E-state index contributed by atoms with van der Waals surface area (Å²) in [5.74, 6) is 0. The Kier molecular flexibility index (Phi) is 8.96. The Bertz CT molecular complexity index is 223. The van der Waals surface area contributed by atoms with Crippen LogP contribution >= 0.6 is 11.6 Å². The fourth-order valence-corrected chi connectivity index (χ4v) is 2.28. The third-order valence-electron chi connectivity index (χ3n) is 3.05. The van der Waals surface area contributed by atoms with E-state index in [0.29, 0.717) is 0 Å². The molecule has 17 heavy (non-hydrogen) atoms. The maximum absolute atomic E-state index is 10.6. The van der Waals surface area contributed by atoms with Crippen LogP contribution in [-0.2, 0) is 4.74 Å². The third-order valence-corrected chi connectivity index (χ3v) is 3.05. The number of carbonyl (C=O) groups is 1. The first-order valence-electron chi connectivity index (χ1n) is 6.23. The topological polar surface area (TPSA) is 46.5 Å². The molecule has 0 aliphatic heterocycles. The summed E-state index contributed by atoms with van der Waals surface area (Å²) in [6, 6.07) is 0. The largest absolute Gasteiger partial charge is 0.506 e. The molecule has 0 unspecified atom stereocenters. The lowest BCUT2D eigenvalue weighted by Gasteiger charge is -2.35. The highest BCUT2D eigenvalue weighted by molar-refractivity contribution is 6.25. The number of hydrogen-bond donors (Lipinski definition) is 1. The molecule has 0 saturated heterocycles. The summed E-state index contributed by atoms with van der Waals surface area (Å²) in [4.78, 5) is 10.6. The molecule has 0 bridgehead atoms. The third kappa shape index (κ3) is 7.27. The van der Waals surface area contributed by atoms with Crippen LogP contribution in [0.5, 0.6) is 0 Å². The highest BCUT2D eigenvalue weighted by atomic mass is 35.5. The summed E-state index contributed by atoms with van der Waals surface area (Å²) >= 11 is 4.76. The molecule has 0 amide bonds. The smallest absolute Gasteiger partial charge is 0.450 e. The van der Waals surface area contributed by atoms with Crippen molar-refractivity contribution < 1.29 is 14.6 Å². The summed E-state index contributed by atoms with van der Waals surface area (Å²) in [6.45, 7) is 5.25. The van der Waals surface area contributed by atoms with Crippen LogP contribution in [0.3, 0.4) is 0 Å². The van der Waals surface area contributed by atoms with Gasteiger partial charge in [0.2, 0.25) is 0 Å². The zero-order valence-electron chi connectivity index (χ0n) is 10.6. The van der Waals surface area contributed by atoms with Gasteiger partial charge in [0.05, 0.1) is 0 Å². The molecule has 1 aliphatic rings. The fourth-order valence-electron chi connectivity index (χ4n) is 2.28. The number of unbranched alkanes of at least 4 members (excludes halogenated alkanes) is 1. The average Bonchev–Trinajstić information content (AvgIpc) is 2.28. The predicted molar refractivity (Wildman–Crippen MR) is 70.5 cm³/mol. The molecule has 0 spiro atoms. The average molecular weight is 263 g/mol. The van der Waals surface area contributed by atoms with Gasteiger partial charge in [-0.15, -0.1) is 0 Å². The molecule has 4 heteroatoms. The fraction of sp³-hybridized carbons (Fsp3) is 0.769. The number of halogens is 1. The molecule has 0 radical (unpaired) electrons. The Balaban J connectivity index is 0.000000770. The maximum Gasteiger partial charge on any atom is 0.506 e.